The van der Waals surface area contributed by atoms with E-state index in [0.29, 0.717) is 24.7 Å². The quantitative estimate of drug-likeness (QED) is 0.655. The molecule has 0 radical (unpaired) electrons. The zero-order chi connectivity index (χ0) is 10.6. The molecule has 4 heteroatoms. The van der Waals surface area contributed by atoms with Crippen molar-refractivity contribution in [1.82, 2.24) is 10.2 Å². The van der Waals surface area contributed by atoms with Crippen LogP contribution in [0.3, 0.4) is 0 Å². The lowest BCUT2D eigenvalue weighted by molar-refractivity contribution is -0.118. The van der Waals surface area contributed by atoms with Crippen molar-refractivity contribution in [3.63, 3.8) is 0 Å². The van der Waals surface area contributed by atoms with Gasteiger partial charge >= 0.3 is 0 Å². The molecule has 2 atom stereocenters. The Hall–Kier alpha value is -0.740. The molecule has 0 aliphatic carbocycles. The fourth-order valence-corrected chi connectivity index (χ4v) is 1.92. The van der Waals surface area contributed by atoms with E-state index in [4.69, 9.17) is 0 Å². The fraction of sp³-hybridized carbons (Fsp3) is 0.800. The topological polar surface area (TPSA) is 44.7 Å². The number of aliphatic imine (C=N–C) groups is 1. The highest BCUT2D eigenvalue weighted by atomic mass is 16.1. The second kappa shape index (κ2) is 5.22. The number of nitrogens with zero attached hydrogens (tertiary/aromatic N) is 2. The van der Waals surface area contributed by atoms with Crippen LogP contribution in [0.2, 0.25) is 0 Å². The lowest BCUT2D eigenvalue weighted by atomic mass is 9.99. The maximum atomic E-state index is 11.2. The smallest absolute Gasteiger partial charge is 0.146 e. The van der Waals surface area contributed by atoms with Gasteiger partial charge in [-0.3, -0.25) is 14.7 Å². The Balaban J connectivity index is 2.57. The van der Waals surface area contributed by atoms with Crippen LogP contribution in [0.15, 0.2) is 4.99 Å². The number of hydrogen-bond donors (Lipinski definition) is 1. The van der Waals surface area contributed by atoms with E-state index in [9.17, 15) is 4.79 Å². The van der Waals surface area contributed by atoms with Gasteiger partial charge in [-0.15, -0.1) is 0 Å². The Morgan fingerprint density at radius 3 is 2.93 bits per heavy atom. The maximum absolute atomic E-state index is 11.2. The van der Waals surface area contributed by atoms with E-state index in [1.165, 1.54) is 0 Å². The lowest BCUT2D eigenvalue weighted by Gasteiger charge is -2.27. The van der Waals surface area contributed by atoms with Crippen LogP contribution in [0.4, 0.5) is 0 Å². The first-order valence-corrected chi connectivity index (χ1v) is 5.00. The largest absolute Gasteiger partial charge is 0.310 e. The molecule has 80 valence electrons. The molecule has 4 nitrogen and oxygen atoms in total. The molecule has 1 heterocycles. The van der Waals surface area contributed by atoms with Gasteiger partial charge in [0.15, 0.2) is 0 Å². The van der Waals surface area contributed by atoms with Crippen LogP contribution in [0, 0.1) is 5.92 Å². The fourth-order valence-electron chi connectivity index (χ4n) is 1.92. The normalized spacial score (nSPS) is 25.9. The summed E-state index contributed by atoms with van der Waals surface area (Å²) < 4.78 is 0. The third-order valence-electron chi connectivity index (χ3n) is 2.66. The van der Waals surface area contributed by atoms with Crippen molar-refractivity contribution in [2.45, 2.75) is 19.0 Å². The van der Waals surface area contributed by atoms with Crippen molar-refractivity contribution in [3.05, 3.63) is 0 Å². The number of carbonyl (C=O) groups excluding carboxylic acids is 1. The van der Waals surface area contributed by atoms with E-state index < -0.39 is 0 Å². The molecule has 14 heavy (non-hydrogen) atoms. The molecule has 0 spiro atoms. The summed E-state index contributed by atoms with van der Waals surface area (Å²) in [5.41, 5.74) is 0. The first-order valence-electron chi connectivity index (χ1n) is 5.00. The summed E-state index contributed by atoms with van der Waals surface area (Å²) in [6, 6.07) is 0. The maximum Gasteiger partial charge on any atom is 0.146 e. The van der Waals surface area contributed by atoms with Crippen molar-refractivity contribution in [1.29, 1.82) is 0 Å². The van der Waals surface area contributed by atoms with E-state index in [0.717, 1.165) is 13.0 Å². The lowest BCUT2D eigenvalue weighted by Crippen LogP contribution is -2.38. The Labute approximate surface area is 85.4 Å². The summed E-state index contributed by atoms with van der Waals surface area (Å²) in [7, 11) is 3.98. The average Bonchev–Trinajstić information content (AvgIpc) is 2.32. The average molecular weight is 197 g/mol. The molecule has 0 aromatic carbocycles. The molecule has 0 saturated carbocycles. The second-order valence-corrected chi connectivity index (χ2v) is 4.03. The monoisotopic (exact) mass is 197 g/mol. The summed E-state index contributed by atoms with van der Waals surface area (Å²) in [6.07, 6.45) is 1.69. The zero-order valence-corrected chi connectivity index (χ0v) is 8.99. The first kappa shape index (κ1) is 11.3. The van der Waals surface area contributed by atoms with Crippen LogP contribution in [-0.2, 0) is 4.79 Å². The van der Waals surface area contributed by atoms with Gasteiger partial charge in [-0.2, -0.15) is 0 Å². The predicted octanol–water partition coefficient (Wildman–Crippen LogP) is 0.143. The van der Waals surface area contributed by atoms with E-state index in [1.54, 1.807) is 0 Å². The van der Waals surface area contributed by atoms with Gasteiger partial charge in [0.05, 0.1) is 6.54 Å². The van der Waals surface area contributed by atoms with Gasteiger partial charge in [0, 0.05) is 18.9 Å². The minimum absolute atomic E-state index is 0.119. The van der Waals surface area contributed by atoms with E-state index in [-0.39, 0.29) is 6.17 Å². The molecule has 0 aromatic rings. The van der Waals surface area contributed by atoms with Gasteiger partial charge in [0.25, 0.3) is 0 Å². The molecule has 1 fully saturated rings. The zero-order valence-electron chi connectivity index (χ0n) is 8.99. The standard InChI is InChI=1S/C10H19N3O/c1-11-10(13(2)3)8-4-5-9(14)7-12-6-8/h8,10,12H,1,4-7H2,2-3H3. The molecule has 1 N–H and O–H groups in total. The minimum Gasteiger partial charge on any atom is -0.310 e. The summed E-state index contributed by atoms with van der Waals surface area (Å²) in [5.74, 6) is 0.697. The molecular formula is C10H19N3O. The van der Waals surface area contributed by atoms with Crippen LogP contribution < -0.4 is 5.32 Å². The molecule has 0 amide bonds. The number of ketones is 1. The third-order valence-corrected chi connectivity index (χ3v) is 2.66. The van der Waals surface area contributed by atoms with E-state index in [2.05, 4.69) is 21.9 Å². The van der Waals surface area contributed by atoms with Crippen molar-refractivity contribution < 1.29 is 4.79 Å². The van der Waals surface area contributed by atoms with Gasteiger partial charge < -0.3 is 5.32 Å². The Morgan fingerprint density at radius 2 is 2.36 bits per heavy atom. The molecule has 1 rings (SSSR count). The number of nitrogens with one attached hydrogen (secondary N) is 1. The van der Waals surface area contributed by atoms with Crippen LogP contribution in [-0.4, -0.2) is 50.8 Å². The second-order valence-electron chi connectivity index (χ2n) is 4.03. The summed E-state index contributed by atoms with van der Waals surface area (Å²) >= 11 is 0. The van der Waals surface area contributed by atoms with Gasteiger partial charge in [-0.1, -0.05) is 0 Å². The number of hydrogen-bond acceptors (Lipinski definition) is 4. The molecule has 1 aliphatic heterocycles. The SMILES string of the molecule is C=NC(C1CCC(=O)CNC1)N(C)C. The van der Waals surface area contributed by atoms with Gasteiger partial charge in [0.2, 0.25) is 0 Å². The van der Waals surface area contributed by atoms with Crippen LogP contribution in [0.25, 0.3) is 0 Å². The minimum atomic E-state index is 0.119. The van der Waals surface area contributed by atoms with Crippen LogP contribution >= 0.6 is 0 Å². The van der Waals surface area contributed by atoms with Crippen molar-refractivity contribution in [2.75, 3.05) is 27.2 Å². The highest BCUT2D eigenvalue weighted by molar-refractivity contribution is 5.80. The molecule has 2 unspecified atom stereocenters. The third kappa shape index (κ3) is 2.89. The molecule has 1 aliphatic rings. The number of Topliss-reactive ketones (excluding diaryl/α,β-unsaturated/α-hetero) is 1. The molecule has 0 aromatic heterocycles. The number of carbonyl (C=O) groups is 1. The van der Waals surface area contributed by atoms with Crippen molar-refractivity contribution >= 4 is 12.5 Å². The number of rotatable bonds is 3. The predicted molar refractivity (Wildman–Crippen MR) is 57.6 cm³/mol. The van der Waals surface area contributed by atoms with Crippen LogP contribution in [0.1, 0.15) is 12.8 Å². The molecule has 0 bridgehead atoms. The van der Waals surface area contributed by atoms with Gasteiger partial charge in [-0.25, -0.2) is 0 Å². The van der Waals surface area contributed by atoms with E-state index in [1.807, 2.05) is 14.1 Å². The van der Waals surface area contributed by atoms with Crippen LogP contribution in [0.5, 0.6) is 0 Å². The molecule has 1 saturated heterocycles. The van der Waals surface area contributed by atoms with Crippen molar-refractivity contribution in [3.8, 4) is 0 Å². The van der Waals surface area contributed by atoms with E-state index >= 15 is 0 Å². The summed E-state index contributed by atoms with van der Waals surface area (Å²) in [5, 5.41) is 3.15. The Bertz CT molecular complexity index is 215. The van der Waals surface area contributed by atoms with Gasteiger partial charge in [-0.05, 0) is 27.2 Å². The first-order chi connectivity index (χ1) is 6.65. The van der Waals surface area contributed by atoms with Gasteiger partial charge in [0.1, 0.15) is 11.9 Å². The highest BCUT2D eigenvalue weighted by Crippen LogP contribution is 2.17. The molecular weight excluding hydrogens is 178 g/mol. The summed E-state index contributed by atoms with van der Waals surface area (Å²) in [6.45, 7) is 4.97. The Kier molecular flexibility index (Phi) is 4.22. The van der Waals surface area contributed by atoms with Crippen molar-refractivity contribution in [2.24, 2.45) is 10.9 Å². The summed E-state index contributed by atoms with van der Waals surface area (Å²) in [4.78, 5) is 17.3. The highest BCUT2D eigenvalue weighted by Gasteiger charge is 2.24. The Morgan fingerprint density at radius 1 is 1.64 bits per heavy atom.